The van der Waals surface area contributed by atoms with Gasteiger partial charge in [-0.05, 0) is 24.3 Å². The van der Waals surface area contributed by atoms with Gasteiger partial charge in [0.25, 0.3) is 6.29 Å². The summed E-state index contributed by atoms with van der Waals surface area (Å²) in [4.78, 5) is 28.6. The van der Waals surface area contributed by atoms with Crippen LogP contribution in [0.4, 0.5) is 0 Å². The maximum atomic E-state index is 13.2. The van der Waals surface area contributed by atoms with E-state index < -0.39 is 6.29 Å². The molecule has 2 unspecified atom stereocenters. The molecule has 0 saturated carbocycles. The van der Waals surface area contributed by atoms with Crippen molar-refractivity contribution >= 4 is 11.6 Å². The number of Topliss-reactive ketones (excluding diaryl/α,β-unsaturated/α-hetero) is 1. The summed E-state index contributed by atoms with van der Waals surface area (Å²) in [7, 11) is 0. The predicted octanol–water partition coefficient (Wildman–Crippen LogP) is 5.33. The Labute approximate surface area is 185 Å². The number of rotatable bonds is 9. The zero-order valence-corrected chi connectivity index (χ0v) is 19.2. The number of nitrogens with zero attached hydrogens (tertiary/aromatic N) is 1. The predicted molar refractivity (Wildman–Crippen MR) is 122 cm³/mol. The second-order valence-electron chi connectivity index (χ2n) is 9.22. The summed E-state index contributed by atoms with van der Waals surface area (Å²) in [6.45, 7) is 12.5. The van der Waals surface area contributed by atoms with Crippen molar-refractivity contribution in [2.24, 2.45) is 5.41 Å². The number of fused-ring (bicyclic) bond motifs is 1. The van der Waals surface area contributed by atoms with Gasteiger partial charge >= 0.3 is 0 Å². The van der Waals surface area contributed by atoms with Gasteiger partial charge in [0, 0.05) is 24.2 Å². The highest BCUT2D eigenvalue weighted by atomic mass is 16.7. The summed E-state index contributed by atoms with van der Waals surface area (Å²) in [5.41, 5.74) is 1.31. The fraction of sp³-hybridized carbons (Fsp3) is 0.462. The molecule has 2 aromatic carbocycles. The Hall–Kier alpha value is -2.50. The molecule has 2 atom stereocenters. The van der Waals surface area contributed by atoms with E-state index in [0.29, 0.717) is 22.4 Å². The molecule has 0 spiro atoms. The normalized spacial score (nSPS) is 16.8. The van der Waals surface area contributed by atoms with Gasteiger partial charge in [-0.15, -0.1) is 0 Å². The molecule has 1 aliphatic rings. The van der Waals surface area contributed by atoms with E-state index in [1.807, 2.05) is 25.1 Å². The largest absolute Gasteiger partial charge is 0.456 e. The molecule has 3 rings (SSSR count). The molecule has 0 radical (unpaired) electrons. The number of benzene rings is 2. The lowest BCUT2D eigenvalue weighted by molar-refractivity contribution is -0.150. The molecule has 0 N–H and O–H groups in total. The molecule has 0 amide bonds. The van der Waals surface area contributed by atoms with Crippen molar-refractivity contribution < 1.29 is 19.1 Å². The molecular formula is C26H33NO4. The first kappa shape index (κ1) is 23.2. The fourth-order valence-electron chi connectivity index (χ4n) is 4.00. The minimum Gasteiger partial charge on any atom is -0.456 e. The number of ketones is 2. The van der Waals surface area contributed by atoms with Crippen LogP contribution in [-0.2, 0) is 4.74 Å². The highest BCUT2D eigenvalue weighted by molar-refractivity contribution is 6.18. The van der Waals surface area contributed by atoms with Crippen LogP contribution in [-0.4, -0.2) is 42.1 Å². The van der Waals surface area contributed by atoms with Crippen molar-refractivity contribution in [1.29, 1.82) is 0 Å². The topological polar surface area (TPSA) is 55.8 Å². The van der Waals surface area contributed by atoms with E-state index in [0.717, 1.165) is 25.9 Å². The molecule has 2 aromatic rings. The second-order valence-corrected chi connectivity index (χ2v) is 9.22. The minimum absolute atomic E-state index is 0.102. The Morgan fingerprint density at radius 3 is 2.42 bits per heavy atom. The van der Waals surface area contributed by atoms with Gasteiger partial charge in [-0.1, -0.05) is 77.1 Å². The molecule has 1 aliphatic heterocycles. The maximum Gasteiger partial charge on any atom is 0.266 e. The lowest BCUT2D eigenvalue weighted by Crippen LogP contribution is -2.45. The average Bonchev–Trinajstić information content (AvgIpc) is 3.06. The van der Waals surface area contributed by atoms with Crippen LogP contribution in [0.15, 0.2) is 48.5 Å². The van der Waals surface area contributed by atoms with Crippen LogP contribution in [0.5, 0.6) is 5.75 Å². The first-order valence-corrected chi connectivity index (χ1v) is 11.1. The van der Waals surface area contributed by atoms with Crippen molar-refractivity contribution in [3.05, 3.63) is 65.2 Å². The first-order valence-electron chi connectivity index (χ1n) is 11.1. The Balaban J connectivity index is 1.83. The molecule has 0 bridgehead atoms. The number of ether oxygens (including phenoxy) is 2. The molecule has 0 aliphatic carbocycles. The van der Waals surface area contributed by atoms with E-state index in [9.17, 15) is 9.59 Å². The number of carbonyl (C=O) groups is 2. The van der Waals surface area contributed by atoms with Gasteiger partial charge < -0.3 is 9.47 Å². The summed E-state index contributed by atoms with van der Waals surface area (Å²) in [5, 5.41) is 0. The molecule has 31 heavy (non-hydrogen) atoms. The SMILES string of the molecule is CCCN(CC(C)(C)C)C(CC)OC1Oc2cccc(C(=O)c3ccccc3)c2C1=O. The van der Waals surface area contributed by atoms with Crippen LogP contribution in [0, 0.1) is 5.41 Å². The van der Waals surface area contributed by atoms with Gasteiger partial charge in [-0.2, -0.15) is 0 Å². The van der Waals surface area contributed by atoms with Gasteiger partial charge in [-0.3, -0.25) is 14.5 Å². The van der Waals surface area contributed by atoms with E-state index in [1.54, 1.807) is 30.3 Å². The second kappa shape index (κ2) is 9.75. The Morgan fingerprint density at radius 2 is 1.81 bits per heavy atom. The van der Waals surface area contributed by atoms with Gasteiger partial charge in [0.15, 0.2) is 5.78 Å². The highest BCUT2D eigenvalue weighted by Crippen LogP contribution is 2.34. The molecule has 0 aromatic heterocycles. The number of hydrogen-bond acceptors (Lipinski definition) is 5. The summed E-state index contributed by atoms with van der Waals surface area (Å²) in [5.74, 6) is -0.0764. The Morgan fingerprint density at radius 1 is 1.10 bits per heavy atom. The lowest BCUT2D eigenvalue weighted by atomic mass is 9.95. The maximum absolute atomic E-state index is 13.2. The van der Waals surface area contributed by atoms with Crippen LogP contribution in [0.3, 0.4) is 0 Å². The zero-order chi connectivity index (χ0) is 22.6. The van der Waals surface area contributed by atoms with E-state index >= 15 is 0 Å². The molecule has 5 heteroatoms. The van der Waals surface area contributed by atoms with Gasteiger partial charge in [0.1, 0.15) is 12.0 Å². The van der Waals surface area contributed by atoms with Gasteiger partial charge in [0.2, 0.25) is 5.78 Å². The van der Waals surface area contributed by atoms with Gasteiger partial charge in [-0.25, -0.2) is 0 Å². The molecule has 166 valence electrons. The van der Waals surface area contributed by atoms with Crippen molar-refractivity contribution in [2.45, 2.75) is 60.0 Å². The van der Waals surface area contributed by atoms with Crippen LogP contribution < -0.4 is 4.74 Å². The van der Waals surface area contributed by atoms with E-state index in [1.165, 1.54) is 0 Å². The Kier molecular flexibility index (Phi) is 7.29. The standard InChI is InChI=1S/C26H33NO4/c1-6-16-27(17-26(3,4)5)21(7-2)31-25-24(29)22-19(14-11-15-20(22)30-25)23(28)18-12-9-8-10-13-18/h8-15,21,25H,6-7,16-17H2,1-5H3. The third-order valence-electron chi connectivity index (χ3n) is 5.23. The number of carbonyl (C=O) groups excluding carboxylic acids is 2. The van der Waals surface area contributed by atoms with Crippen molar-refractivity contribution in [2.75, 3.05) is 13.1 Å². The highest BCUT2D eigenvalue weighted by Gasteiger charge is 2.39. The number of hydrogen-bond donors (Lipinski definition) is 0. The van der Waals surface area contributed by atoms with E-state index in [4.69, 9.17) is 9.47 Å². The summed E-state index contributed by atoms with van der Waals surface area (Å²) in [6, 6.07) is 14.1. The molecular weight excluding hydrogens is 390 g/mol. The Bertz CT molecular complexity index is 917. The molecule has 0 saturated heterocycles. The molecule has 0 fully saturated rings. The monoisotopic (exact) mass is 423 g/mol. The first-order chi connectivity index (χ1) is 14.7. The molecule has 5 nitrogen and oxygen atoms in total. The van der Waals surface area contributed by atoms with E-state index in [2.05, 4.69) is 32.6 Å². The van der Waals surface area contributed by atoms with E-state index in [-0.39, 0.29) is 23.2 Å². The zero-order valence-electron chi connectivity index (χ0n) is 19.2. The van der Waals surface area contributed by atoms with Crippen LogP contribution in [0.1, 0.15) is 73.7 Å². The quantitative estimate of drug-likeness (QED) is 0.403. The van der Waals surface area contributed by atoms with Crippen molar-refractivity contribution in [3.63, 3.8) is 0 Å². The summed E-state index contributed by atoms with van der Waals surface area (Å²) < 4.78 is 12.1. The van der Waals surface area contributed by atoms with Crippen molar-refractivity contribution in [3.8, 4) is 5.75 Å². The lowest BCUT2D eigenvalue weighted by Gasteiger charge is -2.36. The fourth-order valence-corrected chi connectivity index (χ4v) is 4.00. The third kappa shape index (κ3) is 5.41. The third-order valence-corrected chi connectivity index (χ3v) is 5.23. The summed E-state index contributed by atoms with van der Waals surface area (Å²) >= 11 is 0. The summed E-state index contributed by atoms with van der Waals surface area (Å²) in [6.07, 6.45) is 0.445. The average molecular weight is 424 g/mol. The van der Waals surface area contributed by atoms with Crippen LogP contribution >= 0.6 is 0 Å². The van der Waals surface area contributed by atoms with Crippen LogP contribution in [0.2, 0.25) is 0 Å². The molecule has 1 heterocycles. The van der Waals surface area contributed by atoms with Crippen molar-refractivity contribution in [1.82, 2.24) is 4.90 Å². The van der Waals surface area contributed by atoms with Crippen LogP contribution in [0.25, 0.3) is 0 Å². The smallest absolute Gasteiger partial charge is 0.266 e. The van der Waals surface area contributed by atoms with Gasteiger partial charge in [0.05, 0.1) is 5.56 Å². The minimum atomic E-state index is -1.04.